The monoisotopic (exact) mass is 349 g/mol. The topological polar surface area (TPSA) is 60.9 Å². The molecule has 0 spiro atoms. The van der Waals surface area contributed by atoms with Gasteiger partial charge in [-0.25, -0.2) is 4.98 Å². The van der Waals surface area contributed by atoms with Crippen LogP contribution in [-0.4, -0.2) is 15.5 Å². The van der Waals surface area contributed by atoms with E-state index in [-0.39, 0.29) is 5.91 Å². The van der Waals surface area contributed by atoms with Gasteiger partial charge in [0, 0.05) is 6.04 Å². The fourth-order valence-corrected chi connectivity index (χ4v) is 4.06. The van der Waals surface area contributed by atoms with Gasteiger partial charge in [-0.3, -0.25) is 4.79 Å². The molecule has 1 aliphatic rings. The zero-order valence-corrected chi connectivity index (χ0v) is 14.5. The molecule has 1 aromatic heterocycles. The number of thioether (sulfide) groups is 1. The number of benzene rings is 2. The molecule has 1 aliphatic carbocycles. The van der Waals surface area contributed by atoms with Crippen molar-refractivity contribution in [3.8, 4) is 11.3 Å². The lowest BCUT2D eigenvalue weighted by atomic mass is 10.1. The maximum atomic E-state index is 12.0. The highest BCUT2D eigenvalue weighted by Crippen LogP contribution is 2.44. The molecule has 3 aromatic rings. The molecular weight excluding hydrogens is 330 g/mol. The summed E-state index contributed by atoms with van der Waals surface area (Å²) in [7, 11) is 0. The van der Waals surface area contributed by atoms with Crippen LogP contribution >= 0.6 is 11.8 Å². The summed E-state index contributed by atoms with van der Waals surface area (Å²) in [4.78, 5) is 16.7. The first-order chi connectivity index (χ1) is 12.2. The molecule has 2 aromatic carbocycles. The molecule has 1 saturated carbocycles. The molecule has 126 valence electrons. The van der Waals surface area contributed by atoms with E-state index in [0.717, 1.165) is 34.8 Å². The molecule has 4 nitrogen and oxygen atoms in total. The van der Waals surface area contributed by atoms with Crippen LogP contribution in [0.5, 0.6) is 0 Å². The van der Waals surface area contributed by atoms with E-state index in [1.807, 2.05) is 54.7 Å². The zero-order valence-electron chi connectivity index (χ0n) is 13.7. The van der Waals surface area contributed by atoms with Gasteiger partial charge in [0.25, 0.3) is 0 Å². The fraction of sp³-hybridized carbons (Fsp3) is 0.200. The summed E-state index contributed by atoms with van der Waals surface area (Å²) in [5.74, 6) is -0.345. The number of imidazole rings is 1. The average molecular weight is 349 g/mol. The van der Waals surface area contributed by atoms with Crippen molar-refractivity contribution in [1.82, 2.24) is 9.55 Å². The van der Waals surface area contributed by atoms with Crippen molar-refractivity contribution in [3.05, 3.63) is 72.4 Å². The van der Waals surface area contributed by atoms with Gasteiger partial charge in [0.15, 0.2) is 5.16 Å². The first-order valence-electron chi connectivity index (χ1n) is 8.37. The molecule has 25 heavy (non-hydrogen) atoms. The van der Waals surface area contributed by atoms with Gasteiger partial charge in [-0.2, -0.15) is 0 Å². The number of carbonyl (C=O) groups is 1. The molecule has 0 aliphatic heterocycles. The van der Waals surface area contributed by atoms with Gasteiger partial charge >= 0.3 is 0 Å². The number of primary amides is 1. The smallest absolute Gasteiger partial charge is 0.235 e. The Bertz CT molecular complexity index is 872. The van der Waals surface area contributed by atoms with Crippen LogP contribution < -0.4 is 5.73 Å². The molecule has 0 bridgehead atoms. The van der Waals surface area contributed by atoms with Crippen LogP contribution in [0, 0.1) is 0 Å². The van der Waals surface area contributed by atoms with Crippen LogP contribution in [-0.2, 0) is 4.79 Å². The van der Waals surface area contributed by atoms with Gasteiger partial charge in [0.1, 0.15) is 5.25 Å². The summed E-state index contributed by atoms with van der Waals surface area (Å²) in [5.41, 5.74) is 8.83. The summed E-state index contributed by atoms with van der Waals surface area (Å²) in [5, 5.41) is 0.415. The van der Waals surface area contributed by atoms with E-state index >= 15 is 0 Å². The van der Waals surface area contributed by atoms with E-state index in [4.69, 9.17) is 5.73 Å². The molecule has 0 saturated heterocycles. The number of amides is 1. The highest BCUT2D eigenvalue weighted by molar-refractivity contribution is 8.00. The lowest BCUT2D eigenvalue weighted by Gasteiger charge is -2.15. The van der Waals surface area contributed by atoms with Gasteiger partial charge in [0.2, 0.25) is 5.91 Å². The molecule has 4 rings (SSSR count). The summed E-state index contributed by atoms with van der Waals surface area (Å²) in [6, 6.07) is 20.4. The molecular formula is C20H19N3OS. The number of hydrogen-bond donors (Lipinski definition) is 1. The van der Waals surface area contributed by atoms with E-state index in [9.17, 15) is 4.79 Å². The highest BCUT2D eigenvalue weighted by atomic mass is 32.2. The molecule has 5 heteroatoms. The van der Waals surface area contributed by atoms with Crippen LogP contribution in [0.2, 0.25) is 0 Å². The Labute approximate surface area is 151 Å². The second-order valence-corrected chi connectivity index (χ2v) is 7.28. The molecule has 1 amide bonds. The Morgan fingerprint density at radius 3 is 2.32 bits per heavy atom. The average Bonchev–Trinajstić information content (AvgIpc) is 3.40. The van der Waals surface area contributed by atoms with Crippen LogP contribution in [0.1, 0.15) is 29.7 Å². The lowest BCUT2D eigenvalue weighted by molar-refractivity contribution is -0.117. The molecule has 1 atom stereocenters. The summed E-state index contributed by atoms with van der Waals surface area (Å²) in [6.45, 7) is 0. The van der Waals surface area contributed by atoms with E-state index in [1.165, 1.54) is 11.8 Å². The number of carbonyl (C=O) groups excluding carboxylic acids is 1. The number of nitrogens with zero attached hydrogens (tertiary/aromatic N) is 2. The van der Waals surface area contributed by atoms with Crippen LogP contribution in [0.4, 0.5) is 0 Å². The Balaban J connectivity index is 1.71. The number of rotatable bonds is 6. The Hall–Kier alpha value is -2.53. The van der Waals surface area contributed by atoms with Gasteiger partial charge < -0.3 is 10.3 Å². The van der Waals surface area contributed by atoms with Gasteiger partial charge in [-0.1, -0.05) is 72.4 Å². The predicted molar refractivity (Wildman–Crippen MR) is 100 cm³/mol. The van der Waals surface area contributed by atoms with E-state index in [0.29, 0.717) is 6.04 Å². The standard InChI is InChI=1S/C20H19N3OS/c21-19(24)18(15-9-5-2-6-10-15)25-20-22-13-17(23(20)16-11-12-16)14-7-3-1-4-8-14/h1-10,13,16,18H,11-12H2,(H2,21,24). The maximum absolute atomic E-state index is 12.0. The number of hydrogen-bond acceptors (Lipinski definition) is 3. The molecule has 1 fully saturated rings. The highest BCUT2D eigenvalue weighted by Gasteiger charge is 2.31. The first kappa shape index (κ1) is 16.0. The Kier molecular flexibility index (Phi) is 4.32. The van der Waals surface area contributed by atoms with Gasteiger partial charge in [0.05, 0.1) is 11.9 Å². The van der Waals surface area contributed by atoms with Crippen LogP contribution in [0.3, 0.4) is 0 Å². The lowest BCUT2D eigenvalue weighted by Crippen LogP contribution is -2.19. The van der Waals surface area contributed by atoms with Crippen molar-refractivity contribution in [3.63, 3.8) is 0 Å². The summed E-state index contributed by atoms with van der Waals surface area (Å²) >= 11 is 1.44. The van der Waals surface area contributed by atoms with Crippen molar-refractivity contribution in [2.45, 2.75) is 29.3 Å². The van der Waals surface area contributed by atoms with E-state index in [2.05, 4.69) is 21.7 Å². The molecule has 1 unspecified atom stereocenters. The Morgan fingerprint density at radius 2 is 1.72 bits per heavy atom. The normalized spacial score (nSPS) is 15.0. The van der Waals surface area contributed by atoms with Gasteiger partial charge in [-0.15, -0.1) is 0 Å². The van der Waals surface area contributed by atoms with Crippen LogP contribution in [0.25, 0.3) is 11.3 Å². The Morgan fingerprint density at radius 1 is 1.08 bits per heavy atom. The number of nitrogens with two attached hydrogens (primary N) is 1. The van der Waals surface area contributed by atoms with Crippen molar-refractivity contribution in [2.75, 3.05) is 0 Å². The SMILES string of the molecule is NC(=O)C(Sc1ncc(-c2ccccc2)n1C1CC1)c1ccccc1. The second-order valence-electron chi connectivity index (χ2n) is 6.20. The van der Waals surface area contributed by atoms with Crippen molar-refractivity contribution in [2.24, 2.45) is 5.73 Å². The fourth-order valence-electron chi connectivity index (χ4n) is 2.96. The quantitative estimate of drug-likeness (QED) is 0.678. The minimum atomic E-state index is -0.440. The predicted octanol–water partition coefficient (Wildman–Crippen LogP) is 4.20. The second kappa shape index (κ2) is 6.76. The van der Waals surface area contributed by atoms with E-state index in [1.54, 1.807) is 0 Å². The zero-order chi connectivity index (χ0) is 17.2. The summed E-state index contributed by atoms with van der Waals surface area (Å²) in [6.07, 6.45) is 4.20. The maximum Gasteiger partial charge on any atom is 0.235 e. The largest absolute Gasteiger partial charge is 0.368 e. The summed E-state index contributed by atoms with van der Waals surface area (Å²) < 4.78 is 2.26. The van der Waals surface area contributed by atoms with Crippen molar-refractivity contribution < 1.29 is 4.79 Å². The van der Waals surface area contributed by atoms with E-state index < -0.39 is 5.25 Å². The molecule has 1 heterocycles. The third-order valence-electron chi connectivity index (χ3n) is 4.33. The minimum Gasteiger partial charge on any atom is -0.368 e. The van der Waals surface area contributed by atoms with Crippen molar-refractivity contribution >= 4 is 17.7 Å². The first-order valence-corrected chi connectivity index (χ1v) is 9.25. The van der Waals surface area contributed by atoms with Gasteiger partial charge in [-0.05, 0) is 24.0 Å². The molecule has 2 N–H and O–H groups in total. The minimum absolute atomic E-state index is 0.345. The van der Waals surface area contributed by atoms with Crippen molar-refractivity contribution in [1.29, 1.82) is 0 Å². The van der Waals surface area contributed by atoms with Crippen LogP contribution in [0.15, 0.2) is 72.0 Å². The molecule has 0 radical (unpaired) electrons. The third kappa shape index (κ3) is 3.33. The number of aromatic nitrogens is 2. The third-order valence-corrected chi connectivity index (χ3v) is 5.58.